The molecule has 1 aliphatic rings. The summed E-state index contributed by atoms with van der Waals surface area (Å²) >= 11 is 0. The first-order chi connectivity index (χ1) is 7.10. The van der Waals surface area contributed by atoms with Crippen LogP contribution in [0.4, 0.5) is 0 Å². The van der Waals surface area contributed by atoms with Crippen LogP contribution in [0.25, 0.3) is 0 Å². The number of hydrogen-bond donors (Lipinski definition) is 1. The third-order valence-corrected chi connectivity index (χ3v) is 3.80. The molecule has 0 bridgehead atoms. The summed E-state index contributed by atoms with van der Waals surface area (Å²) in [6.45, 7) is 4.45. The summed E-state index contributed by atoms with van der Waals surface area (Å²) in [5.74, 6) is 3.72. The van der Waals surface area contributed by atoms with Crippen molar-refractivity contribution in [3.63, 3.8) is 0 Å². The molecule has 0 heterocycles. The van der Waals surface area contributed by atoms with Crippen molar-refractivity contribution in [2.45, 2.75) is 64.4 Å². The smallest absolute Gasteiger partial charge is 0.0678 e. The minimum Gasteiger partial charge on any atom is -0.390 e. The third kappa shape index (κ3) is 3.24. The second kappa shape index (κ2) is 5.56. The lowest BCUT2D eigenvalue weighted by Crippen LogP contribution is -2.43. The van der Waals surface area contributed by atoms with Crippen LogP contribution in [0.5, 0.6) is 0 Å². The maximum atomic E-state index is 10.7. The summed E-state index contributed by atoms with van der Waals surface area (Å²) in [5, 5.41) is 10.7. The van der Waals surface area contributed by atoms with E-state index in [1.165, 1.54) is 19.3 Å². The second-order valence-electron chi connectivity index (χ2n) is 5.26. The van der Waals surface area contributed by atoms with E-state index < -0.39 is 5.60 Å². The molecule has 1 heteroatoms. The summed E-state index contributed by atoms with van der Waals surface area (Å²) in [4.78, 5) is 0. The Morgan fingerprint density at radius 3 is 2.80 bits per heavy atom. The monoisotopic (exact) mass is 208 g/mol. The number of rotatable bonds is 4. The van der Waals surface area contributed by atoms with E-state index in [9.17, 15) is 5.11 Å². The van der Waals surface area contributed by atoms with Crippen molar-refractivity contribution >= 4 is 0 Å². The zero-order chi connectivity index (χ0) is 11.3. The first kappa shape index (κ1) is 12.6. The van der Waals surface area contributed by atoms with Crippen LogP contribution >= 0.6 is 0 Å². The van der Waals surface area contributed by atoms with E-state index in [0.29, 0.717) is 11.8 Å². The van der Waals surface area contributed by atoms with E-state index in [0.717, 1.165) is 25.7 Å². The summed E-state index contributed by atoms with van der Waals surface area (Å²) in [6.07, 6.45) is 12.5. The van der Waals surface area contributed by atoms with Crippen LogP contribution in [0.15, 0.2) is 0 Å². The van der Waals surface area contributed by atoms with Gasteiger partial charge in [-0.2, -0.15) is 0 Å². The number of aliphatic hydroxyl groups is 1. The lowest BCUT2D eigenvalue weighted by Gasteiger charge is -2.42. The van der Waals surface area contributed by atoms with E-state index >= 15 is 0 Å². The Morgan fingerprint density at radius 1 is 1.47 bits per heavy atom. The molecule has 86 valence electrons. The maximum absolute atomic E-state index is 10.7. The molecule has 1 N–H and O–H groups in total. The SMILES string of the molecule is C#CCCCC1(O)CCCCC1C(C)C. The van der Waals surface area contributed by atoms with Crippen molar-refractivity contribution in [1.29, 1.82) is 0 Å². The van der Waals surface area contributed by atoms with Crippen molar-refractivity contribution in [3.8, 4) is 12.3 Å². The van der Waals surface area contributed by atoms with Crippen LogP contribution in [0.2, 0.25) is 0 Å². The highest BCUT2D eigenvalue weighted by Gasteiger charge is 2.39. The first-order valence-electron chi connectivity index (χ1n) is 6.26. The molecule has 2 unspecified atom stereocenters. The minimum absolute atomic E-state index is 0.427. The Kier molecular flexibility index (Phi) is 4.67. The number of hydrogen-bond acceptors (Lipinski definition) is 1. The summed E-state index contributed by atoms with van der Waals surface area (Å²) in [6, 6.07) is 0. The van der Waals surface area contributed by atoms with Gasteiger partial charge in [0.1, 0.15) is 0 Å². The van der Waals surface area contributed by atoms with Crippen molar-refractivity contribution in [2.75, 3.05) is 0 Å². The lowest BCUT2D eigenvalue weighted by molar-refractivity contribution is -0.0728. The van der Waals surface area contributed by atoms with Crippen LogP contribution in [-0.2, 0) is 0 Å². The Bertz CT molecular complexity index is 226. The van der Waals surface area contributed by atoms with Gasteiger partial charge in [0.25, 0.3) is 0 Å². The fraction of sp³-hybridized carbons (Fsp3) is 0.857. The van der Waals surface area contributed by atoms with Crippen molar-refractivity contribution in [1.82, 2.24) is 0 Å². The fourth-order valence-electron chi connectivity index (χ4n) is 3.01. The molecule has 0 aromatic rings. The number of terminal acetylenes is 1. The van der Waals surface area contributed by atoms with E-state index in [1.54, 1.807) is 0 Å². The quantitative estimate of drug-likeness (QED) is 0.555. The van der Waals surface area contributed by atoms with Gasteiger partial charge in [-0.3, -0.25) is 0 Å². The summed E-state index contributed by atoms with van der Waals surface area (Å²) < 4.78 is 0. The van der Waals surface area contributed by atoms with Gasteiger partial charge in [-0.1, -0.05) is 26.7 Å². The fourth-order valence-corrected chi connectivity index (χ4v) is 3.01. The van der Waals surface area contributed by atoms with Gasteiger partial charge in [0.05, 0.1) is 5.60 Å². The molecule has 0 amide bonds. The highest BCUT2D eigenvalue weighted by Crippen LogP contribution is 2.41. The zero-order valence-corrected chi connectivity index (χ0v) is 10.1. The highest BCUT2D eigenvalue weighted by molar-refractivity contribution is 4.93. The normalized spacial score (nSPS) is 31.5. The molecule has 1 aliphatic carbocycles. The standard InChI is InChI=1S/C14H24O/c1-4-5-7-10-14(15)11-8-6-9-13(14)12(2)3/h1,12-13,15H,5-11H2,2-3H3. The molecule has 0 aliphatic heterocycles. The Morgan fingerprint density at radius 2 is 2.20 bits per heavy atom. The van der Waals surface area contributed by atoms with E-state index in [1.807, 2.05) is 0 Å². The van der Waals surface area contributed by atoms with Crippen LogP contribution in [0.3, 0.4) is 0 Å². The second-order valence-corrected chi connectivity index (χ2v) is 5.26. The topological polar surface area (TPSA) is 20.2 Å². The van der Waals surface area contributed by atoms with Crippen molar-refractivity contribution in [3.05, 3.63) is 0 Å². The molecule has 0 aromatic heterocycles. The van der Waals surface area contributed by atoms with Gasteiger partial charge in [-0.05, 0) is 37.5 Å². The molecule has 0 radical (unpaired) electrons. The molecule has 1 saturated carbocycles. The van der Waals surface area contributed by atoms with Gasteiger partial charge in [-0.15, -0.1) is 12.3 Å². The van der Waals surface area contributed by atoms with Gasteiger partial charge in [0.2, 0.25) is 0 Å². The van der Waals surface area contributed by atoms with Gasteiger partial charge in [0.15, 0.2) is 0 Å². The van der Waals surface area contributed by atoms with Gasteiger partial charge < -0.3 is 5.11 Å². The molecule has 15 heavy (non-hydrogen) atoms. The van der Waals surface area contributed by atoms with Crippen LogP contribution < -0.4 is 0 Å². The number of unbranched alkanes of at least 4 members (excludes halogenated alkanes) is 1. The molecular formula is C14H24O. The molecular weight excluding hydrogens is 184 g/mol. The Balaban J connectivity index is 2.56. The summed E-state index contributed by atoms with van der Waals surface area (Å²) in [5.41, 5.74) is -0.427. The lowest BCUT2D eigenvalue weighted by atomic mass is 9.68. The highest BCUT2D eigenvalue weighted by atomic mass is 16.3. The van der Waals surface area contributed by atoms with Crippen molar-refractivity contribution < 1.29 is 5.11 Å². The Labute approximate surface area is 94.3 Å². The molecule has 1 rings (SSSR count). The minimum atomic E-state index is -0.427. The zero-order valence-electron chi connectivity index (χ0n) is 10.1. The first-order valence-corrected chi connectivity index (χ1v) is 6.26. The van der Waals surface area contributed by atoms with E-state index in [2.05, 4.69) is 19.8 Å². The van der Waals surface area contributed by atoms with Gasteiger partial charge >= 0.3 is 0 Å². The average Bonchev–Trinajstić information content (AvgIpc) is 2.18. The molecule has 2 atom stereocenters. The predicted molar refractivity (Wildman–Crippen MR) is 64.4 cm³/mol. The van der Waals surface area contributed by atoms with Crippen LogP contribution in [-0.4, -0.2) is 10.7 Å². The van der Waals surface area contributed by atoms with Crippen LogP contribution in [0, 0.1) is 24.2 Å². The molecule has 1 nitrogen and oxygen atoms in total. The van der Waals surface area contributed by atoms with E-state index in [-0.39, 0.29) is 0 Å². The van der Waals surface area contributed by atoms with Crippen LogP contribution in [0.1, 0.15) is 58.8 Å². The average molecular weight is 208 g/mol. The van der Waals surface area contributed by atoms with Gasteiger partial charge in [-0.25, -0.2) is 0 Å². The Hall–Kier alpha value is -0.480. The molecule has 0 aromatic carbocycles. The van der Waals surface area contributed by atoms with E-state index in [4.69, 9.17) is 6.42 Å². The molecule has 0 saturated heterocycles. The maximum Gasteiger partial charge on any atom is 0.0678 e. The third-order valence-electron chi connectivity index (χ3n) is 3.80. The molecule has 0 spiro atoms. The molecule has 1 fully saturated rings. The van der Waals surface area contributed by atoms with Crippen molar-refractivity contribution in [2.24, 2.45) is 11.8 Å². The predicted octanol–water partition coefficient (Wildman–Crippen LogP) is 3.37. The summed E-state index contributed by atoms with van der Waals surface area (Å²) in [7, 11) is 0. The van der Waals surface area contributed by atoms with Gasteiger partial charge in [0, 0.05) is 6.42 Å². The largest absolute Gasteiger partial charge is 0.390 e.